The summed E-state index contributed by atoms with van der Waals surface area (Å²) < 4.78 is 10.2. The number of benzene rings is 1. The minimum atomic E-state index is -0.476. The van der Waals surface area contributed by atoms with E-state index in [9.17, 15) is 9.59 Å². The summed E-state index contributed by atoms with van der Waals surface area (Å²) in [5.74, 6) is 0.0327. The van der Waals surface area contributed by atoms with Crippen LogP contribution in [0.3, 0.4) is 0 Å². The number of methoxy groups -OCH3 is 1. The van der Waals surface area contributed by atoms with Crippen LogP contribution in [-0.4, -0.2) is 18.9 Å². The van der Waals surface area contributed by atoms with Crippen LogP contribution in [0.2, 0.25) is 0 Å². The third kappa shape index (κ3) is 2.12. The Labute approximate surface area is 119 Å². The molecule has 0 bridgehead atoms. The number of ketones is 1. The van der Waals surface area contributed by atoms with Gasteiger partial charge in [-0.05, 0) is 29.6 Å². The largest absolute Gasteiger partial charge is 0.465 e. The molecule has 1 aromatic heterocycles. The first-order chi connectivity index (χ1) is 9.69. The van der Waals surface area contributed by atoms with E-state index in [4.69, 9.17) is 4.74 Å². The van der Waals surface area contributed by atoms with E-state index in [0.717, 1.165) is 4.88 Å². The maximum atomic E-state index is 12.2. The van der Waals surface area contributed by atoms with E-state index in [1.54, 1.807) is 18.2 Å². The minimum absolute atomic E-state index is 0.223. The maximum absolute atomic E-state index is 12.2. The van der Waals surface area contributed by atoms with Crippen molar-refractivity contribution < 1.29 is 19.1 Å². The lowest BCUT2D eigenvalue weighted by atomic mass is 10.1. The average Bonchev–Trinajstić information content (AvgIpc) is 3.08. The fourth-order valence-corrected chi connectivity index (χ4v) is 2.58. The van der Waals surface area contributed by atoms with Gasteiger partial charge in [0.25, 0.3) is 0 Å². The molecule has 1 aromatic carbocycles. The molecule has 0 N–H and O–H groups in total. The van der Waals surface area contributed by atoms with Gasteiger partial charge in [-0.25, -0.2) is 4.79 Å². The normalized spacial score (nSPS) is 15.1. The molecule has 0 unspecified atom stereocenters. The van der Waals surface area contributed by atoms with Gasteiger partial charge in [0, 0.05) is 11.0 Å². The Balaban J connectivity index is 1.97. The first-order valence-corrected chi connectivity index (χ1v) is 6.77. The van der Waals surface area contributed by atoms with Gasteiger partial charge in [0.05, 0.1) is 18.2 Å². The molecule has 4 nitrogen and oxygen atoms in total. The Morgan fingerprint density at radius 3 is 2.90 bits per heavy atom. The lowest BCUT2D eigenvalue weighted by Gasteiger charge is -2.00. The highest BCUT2D eigenvalue weighted by atomic mass is 32.1. The van der Waals surface area contributed by atoms with Crippen LogP contribution in [0.1, 0.15) is 25.6 Å². The number of thiophene rings is 1. The summed E-state index contributed by atoms with van der Waals surface area (Å²) in [6, 6.07) is 8.48. The van der Waals surface area contributed by atoms with Gasteiger partial charge >= 0.3 is 5.97 Å². The molecule has 2 aromatic rings. The number of carbonyl (C=O) groups excluding carboxylic acids is 2. The third-order valence-corrected chi connectivity index (χ3v) is 3.72. The molecule has 0 atom stereocenters. The van der Waals surface area contributed by atoms with Gasteiger partial charge in [-0.3, -0.25) is 4.79 Å². The predicted octanol–water partition coefficient (Wildman–Crippen LogP) is 3.15. The van der Waals surface area contributed by atoms with Gasteiger partial charge in [-0.15, -0.1) is 11.3 Å². The fraction of sp³-hybridized carbons (Fsp3) is 0.0667. The van der Waals surface area contributed by atoms with Crippen molar-refractivity contribution in [3.63, 3.8) is 0 Å². The summed E-state index contributed by atoms with van der Waals surface area (Å²) >= 11 is 1.52. The maximum Gasteiger partial charge on any atom is 0.337 e. The highest BCUT2D eigenvalue weighted by Gasteiger charge is 2.28. The zero-order chi connectivity index (χ0) is 14.1. The van der Waals surface area contributed by atoms with Crippen molar-refractivity contribution in [1.29, 1.82) is 0 Å². The molecule has 100 valence electrons. The van der Waals surface area contributed by atoms with Gasteiger partial charge in [0.2, 0.25) is 5.78 Å². The zero-order valence-corrected chi connectivity index (χ0v) is 11.4. The van der Waals surface area contributed by atoms with E-state index in [1.165, 1.54) is 24.5 Å². The van der Waals surface area contributed by atoms with Crippen LogP contribution in [0.15, 0.2) is 41.5 Å². The highest BCUT2D eigenvalue weighted by molar-refractivity contribution is 7.10. The molecule has 5 heteroatoms. The summed E-state index contributed by atoms with van der Waals surface area (Å²) in [6.07, 6.45) is 1.70. The molecule has 0 amide bonds. The topological polar surface area (TPSA) is 52.6 Å². The van der Waals surface area contributed by atoms with Crippen LogP contribution in [0.4, 0.5) is 0 Å². The van der Waals surface area contributed by atoms with E-state index in [1.807, 2.05) is 17.5 Å². The molecular weight excluding hydrogens is 276 g/mol. The average molecular weight is 286 g/mol. The van der Waals surface area contributed by atoms with Crippen LogP contribution >= 0.6 is 11.3 Å². The molecule has 2 heterocycles. The van der Waals surface area contributed by atoms with E-state index < -0.39 is 5.97 Å². The zero-order valence-electron chi connectivity index (χ0n) is 10.6. The first kappa shape index (κ1) is 12.6. The lowest BCUT2D eigenvalue weighted by Crippen LogP contribution is -2.02. The minimum Gasteiger partial charge on any atom is -0.465 e. The molecule has 0 aliphatic carbocycles. The molecule has 20 heavy (non-hydrogen) atoms. The third-order valence-electron chi connectivity index (χ3n) is 2.91. The van der Waals surface area contributed by atoms with Crippen LogP contribution in [0, 0.1) is 0 Å². The number of rotatable bonds is 2. The van der Waals surface area contributed by atoms with Gasteiger partial charge in [0.1, 0.15) is 5.75 Å². The molecular formula is C15H10O4S. The van der Waals surface area contributed by atoms with E-state index in [-0.39, 0.29) is 11.5 Å². The molecule has 0 radical (unpaired) electrons. The SMILES string of the molecule is COC(=O)c1ccc2c(c1)C(=O)/C(=C/c1cccs1)O2. The lowest BCUT2D eigenvalue weighted by molar-refractivity contribution is 0.0600. The number of hydrogen-bond donors (Lipinski definition) is 0. The Morgan fingerprint density at radius 1 is 1.35 bits per heavy atom. The molecule has 0 saturated heterocycles. The Morgan fingerprint density at radius 2 is 2.20 bits per heavy atom. The van der Waals surface area contributed by atoms with E-state index in [2.05, 4.69) is 4.74 Å². The number of allylic oxidation sites excluding steroid dienone is 1. The van der Waals surface area contributed by atoms with Crippen molar-refractivity contribution in [2.75, 3.05) is 7.11 Å². The number of esters is 1. The quantitative estimate of drug-likeness (QED) is 0.628. The second-order valence-corrected chi connectivity index (χ2v) is 5.14. The summed E-state index contributed by atoms with van der Waals surface area (Å²) in [4.78, 5) is 24.7. The second kappa shape index (κ2) is 4.94. The van der Waals surface area contributed by atoms with Crippen molar-refractivity contribution in [2.45, 2.75) is 0 Å². The summed E-state index contributed by atoms with van der Waals surface area (Å²) in [5, 5.41) is 1.92. The van der Waals surface area contributed by atoms with E-state index >= 15 is 0 Å². The van der Waals surface area contributed by atoms with Crippen molar-refractivity contribution in [3.05, 3.63) is 57.5 Å². The monoisotopic (exact) mass is 286 g/mol. The molecule has 0 fully saturated rings. The smallest absolute Gasteiger partial charge is 0.337 e. The van der Waals surface area contributed by atoms with E-state index in [0.29, 0.717) is 16.9 Å². The van der Waals surface area contributed by atoms with Crippen molar-refractivity contribution in [2.24, 2.45) is 0 Å². The second-order valence-electron chi connectivity index (χ2n) is 4.16. The number of Topliss-reactive ketones (excluding diaryl/α,β-unsaturated/α-hetero) is 1. The Bertz CT molecular complexity index is 713. The number of carbonyl (C=O) groups is 2. The van der Waals surface area contributed by atoms with Crippen LogP contribution in [-0.2, 0) is 4.74 Å². The summed E-state index contributed by atoms with van der Waals surface area (Å²) in [7, 11) is 1.30. The van der Waals surface area contributed by atoms with Gasteiger partial charge in [-0.1, -0.05) is 6.07 Å². The Kier molecular flexibility index (Phi) is 3.12. The number of fused-ring (bicyclic) bond motifs is 1. The predicted molar refractivity (Wildman–Crippen MR) is 75.0 cm³/mol. The Hall–Kier alpha value is -2.40. The van der Waals surface area contributed by atoms with Crippen molar-refractivity contribution in [3.8, 4) is 5.75 Å². The fourth-order valence-electron chi connectivity index (χ4n) is 1.94. The highest BCUT2D eigenvalue weighted by Crippen LogP contribution is 2.33. The standard InChI is InChI=1S/C15H10O4S/c1-18-15(17)9-4-5-12-11(7-9)14(16)13(19-12)8-10-3-2-6-20-10/h2-8H,1H3/b13-8-. The number of ether oxygens (including phenoxy) is 2. The van der Waals surface area contributed by atoms with Crippen LogP contribution in [0.5, 0.6) is 5.75 Å². The molecule has 0 saturated carbocycles. The molecule has 3 rings (SSSR count). The summed E-state index contributed by atoms with van der Waals surface area (Å²) in [5.41, 5.74) is 0.719. The molecule has 1 aliphatic rings. The summed E-state index contributed by atoms with van der Waals surface area (Å²) in [6.45, 7) is 0. The van der Waals surface area contributed by atoms with Gasteiger partial charge < -0.3 is 9.47 Å². The van der Waals surface area contributed by atoms with Crippen molar-refractivity contribution in [1.82, 2.24) is 0 Å². The van der Waals surface area contributed by atoms with Gasteiger partial charge in [-0.2, -0.15) is 0 Å². The molecule has 0 spiro atoms. The van der Waals surface area contributed by atoms with Crippen LogP contribution < -0.4 is 4.74 Å². The first-order valence-electron chi connectivity index (χ1n) is 5.89. The van der Waals surface area contributed by atoms with Gasteiger partial charge in [0.15, 0.2) is 5.76 Å². The van der Waals surface area contributed by atoms with Crippen molar-refractivity contribution >= 4 is 29.2 Å². The molecule has 1 aliphatic heterocycles. The van der Waals surface area contributed by atoms with Crippen LogP contribution in [0.25, 0.3) is 6.08 Å². The number of hydrogen-bond acceptors (Lipinski definition) is 5.